The molecular formula is C30H35Cl2FN4O4S. The van der Waals surface area contributed by atoms with E-state index in [0.29, 0.717) is 21.4 Å². The lowest BCUT2D eigenvalue weighted by molar-refractivity contribution is -0.140. The van der Waals surface area contributed by atoms with Gasteiger partial charge in [-0.1, -0.05) is 85.6 Å². The quantitative estimate of drug-likeness (QED) is 0.281. The normalized spacial score (nSPS) is 12.3. The fourth-order valence-electron chi connectivity index (χ4n) is 4.17. The fourth-order valence-corrected chi connectivity index (χ4v) is 5.55. The van der Waals surface area contributed by atoms with Gasteiger partial charge in [0.2, 0.25) is 11.8 Å². The maximum atomic E-state index is 14.9. The molecule has 226 valence electrons. The Kier molecular flexibility index (Phi) is 11.8. The van der Waals surface area contributed by atoms with Gasteiger partial charge in [0, 0.05) is 33.6 Å². The van der Waals surface area contributed by atoms with Gasteiger partial charge < -0.3 is 10.2 Å². The number of hydrogen-bond acceptors (Lipinski definition) is 4. The molecule has 0 saturated heterocycles. The Morgan fingerprint density at radius 1 is 0.905 bits per heavy atom. The molecule has 3 rings (SSSR count). The second-order valence-corrected chi connectivity index (χ2v) is 13.2. The first kappa shape index (κ1) is 33.3. The summed E-state index contributed by atoms with van der Waals surface area (Å²) < 4.78 is 43.2. The molecule has 3 aromatic carbocycles. The van der Waals surface area contributed by atoms with Crippen molar-refractivity contribution in [1.29, 1.82) is 0 Å². The van der Waals surface area contributed by atoms with E-state index in [-0.39, 0.29) is 29.6 Å². The molecule has 0 aliphatic rings. The number of para-hydroxylation sites is 1. The molecule has 0 radical (unpaired) electrons. The van der Waals surface area contributed by atoms with E-state index in [9.17, 15) is 22.4 Å². The van der Waals surface area contributed by atoms with Crippen LogP contribution < -0.4 is 9.62 Å². The summed E-state index contributed by atoms with van der Waals surface area (Å²) in [6.07, 6.45) is 0.151. The monoisotopic (exact) mass is 636 g/mol. The van der Waals surface area contributed by atoms with E-state index in [0.717, 1.165) is 15.9 Å². The first-order valence-electron chi connectivity index (χ1n) is 13.3. The van der Waals surface area contributed by atoms with E-state index in [1.54, 1.807) is 18.2 Å². The third-order valence-corrected chi connectivity index (χ3v) is 8.98. The van der Waals surface area contributed by atoms with Gasteiger partial charge in [0.15, 0.2) is 0 Å². The van der Waals surface area contributed by atoms with Crippen molar-refractivity contribution in [3.8, 4) is 0 Å². The highest BCUT2D eigenvalue weighted by Crippen LogP contribution is 2.26. The van der Waals surface area contributed by atoms with Crippen LogP contribution in [0, 0.1) is 11.7 Å². The number of carbonyl (C=O) groups is 2. The number of halogens is 3. The summed E-state index contributed by atoms with van der Waals surface area (Å²) in [5.74, 6) is -1.79. The fraction of sp³-hybridized carbons (Fsp3) is 0.333. The molecule has 0 aromatic heterocycles. The van der Waals surface area contributed by atoms with Gasteiger partial charge in [-0.05, 0) is 41.3 Å². The van der Waals surface area contributed by atoms with Gasteiger partial charge in [-0.25, -0.2) is 8.70 Å². The van der Waals surface area contributed by atoms with Crippen LogP contribution >= 0.6 is 23.2 Å². The number of amides is 2. The van der Waals surface area contributed by atoms with Crippen LogP contribution in [0.1, 0.15) is 25.0 Å². The van der Waals surface area contributed by atoms with Crippen LogP contribution in [0.4, 0.5) is 10.1 Å². The van der Waals surface area contributed by atoms with Gasteiger partial charge in [0.25, 0.3) is 0 Å². The summed E-state index contributed by atoms with van der Waals surface area (Å²) in [4.78, 5) is 29.2. The van der Waals surface area contributed by atoms with Crippen molar-refractivity contribution in [2.24, 2.45) is 5.92 Å². The second-order valence-electron chi connectivity index (χ2n) is 10.4. The van der Waals surface area contributed by atoms with Crippen LogP contribution in [-0.4, -0.2) is 62.7 Å². The summed E-state index contributed by atoms with van der Waals surface area (Å²) in [5.41, 5.74) is 1.07. The van der Waals surface area contributed by atoms with Crippen molar-refractivity contribution >= 4 is 50.9 Å². The van der Waals surface area contributed by atoms with Gasteiger partial charge in [-0.3, -0.25) is 9.59 Å². The summed E-state index contributed by atoms with van der Waals surface area (Å²) >= 11 is 12.4. The Morgan fingerprint density at radius 2 is 1.55 bits per heavy atom. The number of nitrogens with one attached hydrogen (secondary N) is 1. The zero-order chi connectivity index (χ0) is 31.0. The Labute approximate surface area is 257 Å². The Bertz CT molecular complexity index is 1490. The molecule has 8 nitrogen and oxygen atoms in total. The summed E-state index contributed by atoms with van der Waals surface area (Å²) in [6, 6.07) is 18.3. The molecule has 0 aliphatic heterocycles. The minimum absolute atomic E-state index is 0.0879. The lowest BCUT2D eigenvalue weighted by atomic mass is 10.0. The molecule has 2 amide bonds. The van der Waals surface area contributed by atoms with Crippen molar-refractivity contribution in [3.63, 3.8) is 0 Å². The number of carbonyl (C=O) groups excluding carboxylic acids is 2. The molecular weight excluding hydrogens is 602 g/mol. The van der Waals surface area contributed by atoms with E-state index >= 15 is 0 Å². The Balaban J connectivity index is 2.12. The highest BCUT2D eigenvalue weighted by atomic mass is 35.5. The van der Waals surface area contributed by atoms with Crippen molar-refractivity contribution in [2.45, 2.75) is 32.9 Å². The molecule has 0 bridgehead atoms. The van der Waals surface area contributed by atoms with Crippen LogP contribution in [0.5, 0.6) is 0 Å². The predicted octanol–water partition coefficient (Wildman–Crippen LogP) is 5.16. The molecule has 0 aliphatic carbocycles. The Hall–Kier alpha value is -3.18. The van der Waals surface area contributed by atoms with Crippen LogP contribution in [0.15, 0.2) is 72.8 Å². The molecule has 3 aromatic rings. The SMILES string of the molecule is CC(C)CNC(=O)[C@H](Cc1ccccc1)N(Cc1ccc(Cl)c(Cl)c1)C(=O)CN(c1ccccc1F)S(=O)(=O)N(C)C. The van der Waals surface area contributed by atoms with Gasteiger partial charge in [0.05, 0.1) is 15.7 Å². The van der Waals surface area contributed by atoms with E-state index in [4.69, 9.17) is 23.2 Å². The van der Waals surface area contributed by atoms with E-state index in [2.05, 4.69) is 5.32 Å². The molecule has 0 fully saturated rings. The molecule has 0 heterocycles. The standard InChI is InChI=1S/C30H35Cl2FN4O4S/c1-21(2)18-34-30(39)28(17-22-10-6-5-7-11-22)36(19-23-14-15-24(31)25(32)16-23)29(38)20-37(42(40,41)35(3)4)27-13-9-8-12-26(27)33/h5-16,21,28H,17-20H2,1-4H3,(H,34,39)/t28-/m0/s1. The molecule has 0 unspecified atom stereocenters. The van der Waals surface area contributed by atoms with Gasteiger partial charge in [-0.2, -0.15) is 12.7 Å². The largest absolute Gasteiger partial charge is 0.354 e. The second kappa shape index (κ2) is 14.8. The van der Waals surface area contributed by atoms with Gasteiger partial charge in [0.1, 0.15) is 18.4 Å². The third kappa shape index (κ3) is 8.67. The van der Waals surface area contributed by atoms with E-state index < -0.39 is 40.4 Å². The van der Waals surface area contributed by atoms with E-state index in [1.165, 1.54) is 37.2 Å². The number of benzene rings is 3. The maximum absolute atomic E-state index is 14.9. The van der Waals surface area contributed by atoms with E-state index in [1.807, 2.05) is 44.2 Å². The molecule has 1 N–H and O–H groups in total. The van der Waals surface area contributed by atoms with Crippen molar-refractivity contribution in [1.82, 2.24) is 14.5 Å². The van der Waals surface area contributed by atoms with Gasteiger partial charge in [-0.15, -0.1) is 0 Å². The van der Waals surface area contributed by atoms with Gasteiger partial charge >= 0.3 is 10.2 Å². The van der Waals surface area contributed by atoms with Crippen molar-refractivity contribution < 1.29 is 22.4 Å². The Morgan fingerprint density at radius 3 is 2.14 bits per heavy atom. The minimum atomic E-state index is -4.31. The number of nitrogens with zero attached hydrogens (tertiary/aromatic N) is 3. The maximum Gasteiger partial charge on any atom is 0.304 e. The number of rotatable bonds is 13. The van der Waals surface area contributed by atoms with Crippen LogP contribution in [0.2, 0.25) is 10.0 Å². The zero-order valence-electron chi connectivity index (χ0n) is 23.9. The highest BCUT2D eigenvalue weighted by molar-refractivity contribution is 7.90. The zero-order valence-corrected chi connectivity index (χ0v) is 26.3. The summed E-state index contributed by atoms with van der Waals surface area (Å²) in [7, 11) is -1.73. The summed E-state index contributed by atoms with van der Waals surface area (Å²) in [5, 5.41) is 3.48. The van der Waals surface area contributed by atoms with Crippen LogP contribution in [-0.2, 0) is 32.8 Å². The third-order valence-electron chi connectivity index (χ3n) is 6.43. The number of hydrogen-bond donors (Lipinski definition) is 1. The predicted molar refractivity (Wildman–Crippen MR) is 165 cm³/mol. The molecule has 12 heteroatoms. The lowest BCUT2D eigenvalue weighted by Gasteiger charge is -2.34. The highest BCUT2D eigenvalue weighted by Gasteiger charge is 2.35. The first-order chi connectivity index (χ1) is 19.8. The molecule has 1 atom stereocenters. The molecule has 0 saturated carbocycles. The smallest absolute Gasteiger partial charge is 0.304 e. The van der Waals surface area contributed by atoms with Crippen LogP contribution in [0.3, 0.4) is 0 Å². The molecule has 0 spiro atoms. The average Bonchev–Trinajstić information content (AvgIpc) is 2.94. The van der Waals surface area contributed by atoms with Crippen LogP contribution in [0.25, 0.3) is 0 Å². The average molecular weight is 638 g/mol. The van der Waals surface area contributed by atoms with Crippen molar-refractivity contribution in [3.05, 3.63) is 99.8 Å². The molecule has 42 heavy (non-hydrogen) atoms. The lowest BCUT2D eigenvalue weighted by Crippen LogP contribution is -2.54. The van der Waals surface area contributed by atoms with Crippen molar-refractivity contribution in [2.75, 3.05) is 31.5 Å². The summed E-state index contributed by atoms with van der Waals surface area (Å²) in [6.45, 7) is 3.42. The topological polar surface area (TPSA) is 90.0 Å². The minimum Gasteiger partial charge on any atom is -0.354 e. The first-order valence-corrected chi connectivity index (χ1v) is 15.5. The number of anilines is 1.